The van der Waals surface area contributed by atoms with Crippen LogP contribution in [0.2, 0.25) is 0 Å². The fraction of sp³-hybridized carbons (Fsp3) is 0.571. The minimum atomic E-state index is -2.36. The van der Waals surface area contributed by atoms with Crippen LogP contribution >= 0.6 is 0 Å². The Morgan fingerprint density at radius 2 is 1.65 bits per heavy atom. The molecule has 0 aliphatic carbocycles. The summed E-state index contributed by atoms with van der Waals surface area (Å²) in [5.41, 5.74) is 1.50. The van der Waals surface area contributed by atoms with Crippen molar-refractivity contribution in [1.82, 2.24) is 0 Å². The van der Waals surface area contributed by atoms with Gasteiger partial charge < -0.3 is 4.74 Å². The van der Waals surface area contributed by atoms with Gasteiger partial charge in [-0.15, -0.1) is 0 Å². The second-order valence-corrected chi connectivity index (χ2v) is 5.26. The molecule has 0 amide bonds. The number of hydrogen-bond acceptors (Lipinski definition) is 1. The SMILES string of the molecule is Cc1ccc(C(CC(F)F)OC(C)(C)C)cc1. The molecule has 0 radical (unpaired) electrons. The fourth-order valence-electron chi connectivity index (χ4n) is 1.62. The lowest BCUT2D eigenvalue weighted by molar-refractivity contribution is -0.0831. The third-order valence-corrected chi connectivity index (χ3v) is 2.34. The monoisotopic (exact) mass is 242 g/mol. The van der Waals surface area contributed by atoms with E-state index < -0.39 is 18.1 Å². The molecule has 0 aliphatic rings. The zero-order valence-corrected chi connectivity index (χ0v) is 10.8. The Kier molecular flexibility index (Phi) is 4.63. The Morgan fingerprint density at radius 1 is 1.12 bits per heavy atom. The molecule has 0 heterocycles. The Balaban J connectivity index is 2.85. The summed E-state index contributed by atoms with van der Waals surface area (Å²) in [6.45, 7) is 7.59. The zero-order valence-electron chi connectivity index (χ0n) is 10.8. The first-order valence-corrected chi connectivity index (χ1v) is 5.80. The van der Waals surface area contributed by atoms with Crippen LogP contribution in [0, 0.1) is 6.92 Å². The number of ether oxygens (including phenoxy) is 1. The van der Waals surface area contributed by atoms with Gasteiger partial charge in [-0.2, -0.15) is 0 Å². The summed E-state index contributed by atoms with van der Waals surface area (Å²) in [6, 6.07) is 7.54. The Morgan fingerprint density at radius 3 is 2.06 bits per heavy atom. The van der Waals surface area contributed by atoms with E-state index in [2.05, 4.69) is 0 Å². The molecule has 96 valence electrons. The van der Waals surface area contributed by atoms with E-state index in [1.807, 2.05) is 52.0 Å². The average Bonchev–Trinajstić information content (AvgIpc) is 2.14. The highest BCUT2D eigenvalue weighted by Gasteiger charge is 2.23. The van der Waals surface area contributed by atoms with Gasteiger partial charge in [0.25, 0.3) is 0 Å². The number of hydrogen-bond donors (Lipinski definition) is 0. The molecule has 1 unspecified atom stereocenters. The molecule has 3 heteroatoms. The number of alkyl halides is 2. The van der Waals surface area contributed by atoms with Crippen molar-refractivity contribution in [3.05, 3.63) is 35.4 Å². The largest absolute Gasteiger partial charge is 0.368 e. The zero-order chi connectivity index (χ0) is 13.1. The summed E-state index contributed by atoms with van der Waals surface area (Å²) in [6.07, 6.45) is -3.17. The standard InChI is InChI=1S/C14H20F2O/c1-10-5-7-11(8-6-10)12(9-13(15)16)17-14(2,3)4/h5-8,12-13H,9H2,1-4H3. The second-order valence-electron chi connectivity index (χ2n) is 5.26. The van der Waals surface area contributed by atoms with Crippen molar-refractivity contribution in [1.29, 1.82) is 0 Å². The lowest BCUT2D eigenvalue weighted by atomic mass is 10.0. The Labute approximate surface area is 102 Å². The Hall–Kier alpha value is -0.960. The van der Waals surface area contributed by atoms with Gasteiger partial charge in [0.1, 0.15) is 0 Å². The van der Waals surface area contributed by atoms with Gasteiger partial charge in [-0.3, -0.25) is 0 Å². The van der Waals surface area contributed by atoms with Gasteiger partial charge in [0.15, 0.2) is 0 Å². The molecule has 1 aromatic carbocycles. The number of benzene rings is 1. The van der Waals surface area contributed by atoms with Crippen LogP contribution in [0.15, 0.2) is 24.3 Å². The third kappa shape index (κ3) is 5.26. The number of aryl methyl sites for hydroxylation is 1. The molecule has 0 N–H and O–H groups in total. The summed E-state index contributed by atoms with van der Waals surface area (Å²) < 4.78 is 30.8. The Bertz CT molecular complexity index is 338. The lowest BCUT2D eigenvalue weighted by Crippen LogP contribution is -2.24. The maximum absolute atomic E-state index is 12.5. The molecular weight excluding hydrogens is 222 g/mol. The topological polar surface area (TPSA) is 9.23 Å². The first kappa shape index (κ1) is 14.1. The van der Waals surface area contributed by atoms with E-state index in [4.69, 9.17) is 4.74 Å². The molecule has 1 aromatic rings. The van der Waals surface area contributed by atoms with E-state index in [1.54, 1.807) is 0 Å². The summed E-state index contributed by atoms with van der Waals surface area (Å²) in [5.74, 6) is 0. The van der Waals surface area contributed by atoms with E-state index in [-0.39, 0.29) is 6.42 Å². The molecule has 1 nitrogen and oxygen atoms in total. The summed E-state index contributed by atoms with van der Waals surface area (Å²) in [7, 11) is 0. The van der Waals surface area contributed by atoms with Gasteiger partial charge in [-0.25, -0.2) is 8.78 Å². The highest BCUT2D eigenvalue weighted by molar-refractivity contribution is 5.23. The maximum Gasteiger partial charge on any atom is 0.241 e. The predicted octanol–water partition coefficient (Wildman–Crippen LogP) is 4.51. The fourth-order valence-corrected chi connectivity index (χ4v) is 1.62. The summed E-state index contributed by atoms with van der Waals surface area (Å²) in [5, 5.41) is 0. The molecule has 0 spiro atoms. The van der Waals surface area contributed by atoms with Crippen molar-refractivity contribution >= 4 is 0 Å². The molecule has 0 saturated carbocycles. The lowest BCUT2D eigenvalue weighted by Gasteiger charge is -2.28. The van der Waals surface area contributed by atoms with Crippen LogP contribution in [0.4, 0.5) is 8.78 Å². The first-order valence-electron chi connectivity index (χ1n) is 5.80. The normalized spacial score (nSPS) is 14.1. The van der Waals surface area contributed by atoms with Crippen LogP contribution in [0.5, 0.6) is 0 Å². The highest BCUT2D eigenvalue weighted by Crippen LogP contribution is 2.29. The smallest absolute Gasteiger partial charge is 0.241 e. The second kappa shape index (κ2) is 5.58. The predicted molar refractivity (Wildman–Crippen MR) is 65.4 cm³/mol. The van der Waals surface area contributed by atoms with Crippen molar-refractivity contribution < 1.29 is 13.5 Å². The molecule has 0 fully saturated rings. The van der Waals surface area contributed by atoms with Crippen LogP contribution in [0.3, 0.4) is 0 Å². The van der Waals surface area contributed by atoms with Crippen LogP contribution in [0.1, 0.15) is 44.4 Å². The van der Waals surface area contributed by atoms with Crippen molar-refractivity contribution in [2.75, 3.05) is 0 Å². The molecule has 17 heavy (non-hydrogen) atoms. The van der Waals surface area contributed by atoms with Gasteiger partial charge >= 0.3 is 0 Å². The minimum Gasteiger partial charge on any atom is -0.368 e. The van der Waals surface area contributed by atoms with Crippen molar-refractivity contribution in [2.45, 2.75) is 52.2 Å². The van der Waals surface area contributed by atoms with Crippen LogP contribution in [0.25, 0.3) is 0 Å². The first-order chi connectivity index (χ1) is 7.78. The average molecular weight is 242 g/mol. The molecule has 0 bridgehead atoms. The maximum atomic E-state index is 12.5. The minimum absolute atomic E-state index is 0.264. The quantitative estimate of drug-likeness (QED) is 0.755. The van der Waals surface area contributed by atoms with Crippen molar-refractivity contribution in [2.24, 2.45) is 0 Å². The van der Waals surface area contributed by atoms with Gasteiger partial charge in [-0.05, 0) is 33.3 Å². The third-order valence-electron chi connectivity index (χ3n) is 2.34. The van der Waals surface area contributed by atoms with Gasteiger partial charge in [0.2, 0.25) is 6.43 Å². The summed E-state index contributed by atoms with van der Waals surface area (Å²) in [4.78, 5) is 0. The van der Waals surface area contributed by atoms with E-state index in [0.29, 0.717) is 0 Å². The highest BCUT2D eigenvalue weighted by atomic mass is 19.3. The number of halogens is 2. The van der Waals surface area contributed by atoms with E-state index in [0.717, 1.165) is 11.1 Å². The van der Waals surface area contributed by atoms with Crippen molar-refractivity contribution in [3.8, 4) is 0 Å². The summed E-state index contributed by atoms with van der Waals surface area (Å²) >= 11 is 0. The van der Waals surface area contributed by atoms with E-state index in [1.165, 1.54) is 0 Å². The van der Waals surface area contributed by atoms with Crippen LogP contribution in [-0.2, 0) is 4.74 Å². The van der Waals surface area contributed by atoms with Gasteiger partial charge in [-0.1, -0.05) is 29.8 Å². The molecule has 1 rings (SSSR count). The van der Waals surface area contributed by atoms with Gasteiger partial charge in [0.05, 0.1) is 11.7 Å². The molecule has 0 aliphatic heterocycles. The molecule has 0 saturated heterocycles. The van der Waals surface area contributed by atoms with Crippen LogP contribution < -0.4 is 0 Å². The van der Waals surface area contributed by atoms with Crippen molar-refractivity contribution in [3.63, 3.8) is 0 Å². The molecule has 1 atom stereocenters. The number of rotatable bonds is 4. The van der Waals surface area contributed by atoms with Gasteiger partial charge in [0, 0.05) is 6.42 Å². The van der Waals surface area contributed by atoms with E-state index in [9.17, 15) is 8.78 Å². The molecular formula is C14H20F2O. The van der Waals surface area contributed by atoms with Crippen LogP contribution in [-0.4, -0.2) is 12.0 Å². The molecule has 0 aromatic heterocycles. The van der Waals surface area contributed by atoms with E-state index >= 15 is 0 Å².